The molecular formula is C10H11FN2O2S. The van der Waals surface area contributed by atoms with Crippen LogP contribution in [-0.2, 0) is 10.0 Å². The molecule has 1 unspecified atom stereocenters. The van der Waals surface area contributed by atoms with Crippen LogP contribution >= 0.6 is 0 Å². The molecule has 16 heavy (non-hydrogen) atoms. The molecule has 1 atom stereocenters. The lowest BCUT2D eigenvalue weighted by Gasteiger charge is -2.11. The van der Waals surface area contributed by atoms with Crippen LogP contribution < -0.4 is 4.72 Å². The number of rotatable bonds is 4. The fraction of sp³-hybridized carbons (Fsp3) is 0.300. The lowest BCUT2D eigenvalue weighted by molar-refractivity contribution is 0.544. The molecule has 0 amide bonds. The molecule has 0 bridgehead atoms. The maximum atomic E-state index is 13.2. The molecule has 1 aromatic rings. The average Bonchev–Trinajstić information content (AvgIpc) is 2.17. The number of nitrogens with one attached hydrogen (secondary N) is 1. The first kappa shape index (κ1) is 12.6. The minimum absolute atomic E-state index is 0.0354. The standard InChI is InChI=1S/C10H11FN2O2S/c1-8(6-7-12)13-16(14,15)10-5-3-2-4-9(10)11/h2-5,8,13H,6H2,1H3. The minimum Gasteiger partial charge on any atom is -0.207 e. The zero-order valence-electron chi connectivity index (χ0n) is 8.64. The van der Waals surface area contributed by atoms with Crippen LogP contribution in [0.1, 0.15) is 13.3 Å². The van der Waals surface area contributed by atoms with E-state index in [0.29, 0.717) is 0 Å². The normalized spacial score (nSPS) is 13.1. The lowest BCUT2D eigenvalue weighted by atomic mass is 10.3. The zero-order valence-corrected chi connectivity index (χ0v) is 9.46. The molecule has 1 rings (SSSR count). The van der Waals surface area contributed by atoms with Crippen molar-refractivity contribution >= 4 is 10.0 Å². The Labute approximate surface area is 93.8 Å². The molecule has 1 N–H and O–H groups in total. The van der Waals surface area contributed by atoms with Gasteiger partial charge in [-0.1, -0.05) is 12.1 Å². The molecule has 0 saturated carbocycles. The number of sulfonamides is 1. The molecule has 0 saturated heterocycles. The van der Waals surface area contributed by atoms with E-state index in [4.69, 9.17) is 5.26 Å². The molecule has 0 aliphatic heterocycles. The maximum Gasteiger partial charge on any atom is 0.243 e. The lowest BCUT2D eigenvalue weighted by Crippen LogP contribution is -2.32. The minimum atomic E-state index is -3.89. The Morgan fingerprint density at radius 1 is 1.50 bits per heavy atom. The van der Waals surface area contributed by atoms with E-state index in [0.717, 1.165) is 6.07 Å². The van der Waals surface area contributed by atoms with Crippen LogP contribution in [0.4, 0.5) is 4.39 Å². The second-order valence-electron chi connectivity index (χ2n) is 3.31. The number of benzene rings is 1. The molecule has 4 nitrogen and oxygen atoms in total. The zero-order chi connectivity index (χ0) is 12.2. The summed E-state index contributed by atoms with van der Waals surface area (Å²) in [5.41, 5.74) is 0. The molecule has 0 spiro atoms. The van der Waals surface area contributed by atoms with Crippen LogP contribution in [0.2, 0.25) is 0 Å². The van der Waals surface area contributed by atoms with Gasteiger partial charge in [0.15, 0.2) is 0 Å². The highest BCUT2D eigenvalue weighted by Gasteiger charge is 2.20. The molecule has 0 fully saturated rings. The molecule has 6 heteroatoms. The third-order valence-electron chi connectivity index (χ3n) is 1.88. The topological polar surface area (TPSA) is 70.0 Å². The first-order chi connectivity index (χ1) is 7.47. The van der Waals surface area contributed by atoms with Gasteiger partial charge in [-0.05, 0) is 19.1 Å². The van der Waals surface area contributed by atoms with Crippen LogP contribution in [-0.4, -0.2) is 14.5 Å². The van der Waals surface area contributed by atoms with E-state index in [1.165, 1.54) is 18.2 Å². The predicted molar refractivity (Wildman–Crippen MR) is 56.4 cm³/mol. The summed E-state index contributed by atoms with van der Waals surface area (Å²) in [6, 6.07) is 6.39. The number of hydrogen-bond donors (Lipinski definition) is 1. The molecule has 0 radical (unpaired) electrons. The summed E-state index contributed by atoms with van der Waals surface area (Å²) in [5.74, 6) is -0.806. The van der Waals surface area contributed by atoms with Gasteiger partial charge in [0.25, 0.3) is 0 Å². The monoisotopic (exact) mass is 242 g/mol. The Bertz CT molecular complexity index is 508. The first-order valence-electron chi connectivity index (χ1n) is 4.61. The van der Waals surface area contributed by atoms with Crippen LogP contribution in [0.15, 0.2) is 29.2 Å². The van der Waals surface area contributed by atoms with Gasteiger partial charge in [0.2, 0.25) is 10.0 Å². The smallest absolute Gasteiger partial charge is 0.207 e. The first-order valence-corrected chi connectivity index (χ1v) is 6.09. The highest BCUT2D eigenvalue weighted by molar-refractivity contribution is 7.89. The van der Waals surface area contributed by atoms with E-state index >= 15 is 0 Å². The summed E-state index contributed by atoms with van der Waals surface area (Å²) in [6.45, 7) is 1.54. The third kappa shape index (κ3) is 3.02. The van der Waals surface area contributed by atoms with Crippen molar-refractivity contribution in [3.05, 3.63) is 30.1 Å². The summed E-state index contributed by atoms with van der Waals surface area (Å²) in [7, 11) is -3.89. The van der Waals surface area contributed by atoms with Gasteiger partial charge in [-0.25, -0.2) is 17.5 Å². The van der Waals surface area contributed by atoms with E-state index in [2.05, 4.69) is 4.72 Å². The van der Waals surface area contributed by atoms with Crippen LogP contribution in [0.5, 0.6) is 0 Å². The Kier molecular flexibility index (Phi) is 3.99. The van der Waals surface area contributed by atoms with Gasteiger partial charge < -0.3 is 0 Å². The third-order valence-corrected chi connectivity index (χ3v) is 3.50. The Morgan fingerprint density at radius 3 is 2.69 bits per heavy atom. The van der Waals surface area contributed by atoms with Crippen molar-refractivity contribution in [3.63, 3.8) is 0 Å². The van der Waals surface area contributed by atoms with Crippen molar-refractivity contribution in [3.8, 4) is 6.07 Å². The fourth-order valence-corrected chi connectivity index (χ4v) is 2.49. The molecular weight excluding hydrogens is 231 g/mol. The van der Waals surface area contributed by atoms with E-state index < -0.39 is 26.8 Å². The van der Waals surface area contributed by atoms with Crippen molar-refractivity contribution in [2.75, 3.05) is 0 Å². The predicted octanol–water partition coefficient (Wildman–Crippen LogP) is 1.41. The number of hydrogen-bond acceptors (Lipinski definition) is 3. The summed E-state index contributed by atoms with van der Waals surface area (Å²) in [6.07, 6.45) is 0.0354. The number of halogens is 1. The maximum absolute atomic E-state index is 13.2. The summed E-state index contributed by atoms with van der Waals surface area (Å²) < 4.78 is 38.8. The van der Waals surface area contributed by atoms with Crippen LogP contribution in [0.25, 0.3) is 0 Å². The highest BCUT2D eigenvalue weighted by Crippen LogP contribution is 2.13. The van der Waals surface area contributed by atoms with Gasteiger partial charge in [0, 0.05) is 6.04 Å². The molecule has 0 aromatic heterocycles. The molecule has 0 aliphatic carbocycles. The average molecular weight is 242 g/mol. The molecule has 0 heterocycles. The van der Waals surface area contributed by atoms with Crippen LogP contribution in [0, 0.1) is 17.1 Å². The van der Waals surface area contributed by atoms with E-state index in [9.17, 15) is 12.8 Å². The second-order valence-corrected chi connectivity index (χ2v) is 5.00. The van der Waals surface area contributed by atoms with Gasteiger partial charge in [-0.15, -0.1) is 0 Å². The van der Waals surface area contributed by atoms with E-state index in [-0.39, 0.29) is 6.42 Å². The number of nitriles is 1. The Hall–Kier alpha value is -1.45. The molecule has 86 valence electrons. The Morgan fingerprint density at radius 2 is 2.12 bits per heavy atom. The quantitative estimate of drug-likeness (QED) is 0.867. The summed E-state index contributed by atoms with van der Waals surface area (Å²) in [5, 5.41) is 8.40. The fourth-order valence-electron chi connectivity index (χ4n) is 1.17. The largest absolute Gasteiger partial charge is 0.243 e. The Balaban J connectivity index is 2.96. The molecule has 1 aromatic carbocycles. The van der Waals surface area contributed by atoms with Crippen molar-refractivity contribution in [1.82, 2.24) is 4.72 Å². The van der Waals surface area contributed by atoms with Gasteiger partial charge in [-0.2, -0.15) is 5.26 Å². The van der Waals surface area contributed by atoms with Gasteiger partial charge in [0.05, 0.1) is 12.5 Å². The SMILES string of the molecule is CC(CC#N)NS(=O)(=O)c1ccccc1F. The van der Waals surface area contributed by atoms with Crippen molar-refractivity contribution in [2.24, 2.45) is 0 Å². The van der Waals surface area contributed by atoms with Crippen molar-refractivity contribution in [1.29, 1.82) is 5.26 Å². The molecule has 0 aliphatic rings. The summed E-state index contributed by atoms with van der Waals surface area (Å²) >= 11 is 0. The second kappa shape index (κ2) is 5.05. The van der Waals surface area contributed by atoms with E-state index in [1.54, 1.807) is 6.92 Å². The highest BCUT2D eigenvalue weighted by atomic mass is 32.2. The van der Waals surface area contributed by atoms with Crippen molar-refractivity contribution in [2.45, 2.75) is 24.3 Å². The summed E-state index contributed by atoms with van der Waals surface area (Å²) in [4.78, 5) is -0.403. The van der Waals surface area contributed by atoms with Gasteiger partial charge in [0.1, 0.15) is 10.7 Å². The van der Waals surface area contributed by atoms with Crippen LogP contribution in [0.3, 0.4) is 0 Å². The van der Waals surface area contributed by atoms with E-state index in [1.807, 2.05) is 6.07 Å². The number of nitrogens with zero attached hydrogens (tertiary/aromatic N) is 1. The van der Waals surface area contributed by atoms with Gasteiger partial charge >= 0.3 is 0 Å². The van der Waals surface area contributed by atoms with Crippen molar-refractivity contribution < 1.29 is 12.8 Å². The van der Waals surface area contributed by atoms with Gasteiger partial charge in [-0.3, -0.25) is 0 Å².